The Hall–Kier alpha value is -3.35. The van der Waals surface area contributed by atoms with Gasteiger partial charge in [-0.15, -0.1) is 0 Å². The Morgan fingerprint density at radius 2 is 2.07 bits per heavy atom. The summed E-state index contributed by atoms with van der Waals surface area (Å²) < 4.78 is 19.3. The fourth-order valence-electron chi connectivity index (χ4n) is 4.16. The Bertz CT molecular complexity index is 1150. The topological polar surface area (TPSA) is 74.4 Å². The second-order valence-corrected chi connectivity index (χ2v) is 7.91. The summed E-state index contributed by atoms with van der Waals surface area (Å²) in [6.07, 6.45) is 0.150. The number of fused-ring (bicyclic) bond motifs is 2. The first-order valence-corrected chi connectivity index (χ1v) is 9.54. The lowest BCUT2D eigenvalue weighted by atomic mass is 9.84. The van der Waals surface area contributed by atoms with E-state index in [1.165, 1.54) is 18.2 Å². The molecule has 1 saturated heterocycles. The van der Waals surface area contributed by atoms with Crippen LogP contribution in [0, 0.1) is 12.7 Å². The third-order valence-electron chi connectivity index (χ3n) is 5.56. The molecular weight excluding hydrogens is 373 g/mol. The van der Waals surface area contributed by atoms with E-state index in [1.54, 1.807) is 4.90 Å². The van der Waals surface area contributed by atoms with Crippen LogP contribution in [0.25, 0.3) is 10.9 Å². The zero-order chi connectivity index (χ0) is 20.2. The number of urea groups is 1. The summed E-state index contributed by atoms with van der Waals surface area (Å²) in [6, 6.07) is 11.9. The van der Waals surface area contributed by atoms with Gasteiger partial charge in [0.1, 0.15) is 11.6 Å². The standard InChI is InChI=1S/C22H20FN3O3/c1-13-6-15-7-14(2-4-18(15)25-13)10-24-21(28)26-11-22(12-26)9-19(27)17-8-16(23)3-5-20(17)29-22/h2-8,25H,9-12H2,1H3,(H,24,28). The largest absolute Gasteiger partial charge is 0.482 e. The fourth-order valence-corrected chi connectivity index (χ4v) is 4.16. The van der Waals surface area contributed by atoms with Gasteiger partial charge in [-0.1, -0.05) is 6.07 Å². The monoisotopic (exact) mass is 393 g/mol. The lowest BCUT2D eigenvalue weighted by molar-refractivity contribution is -0.0597. The van der Waals surface area contributed by atoms with Crippen LogP contribution in [0.1, 0.15) is 28.0 Å². The second-order valence-electron chi connectivity index (χ2n) is 7.91. The van der Waals surface area contributed by atoms with E-state index < -0.39 is 11.4 Å². The molecule has 0 radical (unpaired) electrons. The van der Waals surface area contributed by atoms with Crippen LogP contribution in [0.5, 0.6) is 5.75 Å². The number of ether oxygens (including phenoxy) is 1. The average molecular weight is 393 g/mol. The van der Waals surface area contributed by atoms with Crippen LogP contribution in [0.3, 0.4) is 0 Å². The van der Waals surface area contributed by atoms with E-state index in [0.29, 0.717) is 25.4 Å². The smallest absolute Gasteiger partial charge is 0.317 e. The van der Waals surface area contributed by atoms with E-state index >= 15 is 0 Å². The molecule has 0 unspecified atom stereocenters. The molecule has 2 aliphatic heterocycles. The van der Waals surface area contributed by atoms with Crippen molar-refractivity contribution in [2.75, 3.05) is 13.1 Å². The lowest BCUT2D eigenvalue weighted by Gasteiger charge is -2.50. The second kappa shape index (κ2) is 6.34. The first-order valence-electron chi connectivity index (χ1n) is 9.54. The summed E-state index contributed by atoms with van der Waals surface area (Å²) in [5, 5.41) is 4.03. The van der Waals surface area contributed by atoms with Gasteiger partial charge in [-0.2, -0.15) is 0 Å². The molecule has 0 bridgehead atoms. The van der Waals surface area contributed by atoms with Crippen molar-refractivity contribution >= 4 is 22.7 Å². The normalized spacial score (nSPS) is 17.0. The van der Waals surface area contributed by atoms with Gasteiger partial charge in [0.15, 0.2) is 11.4 Å². The minimum absolute atomic E-state index is 0.150. The van der Waals surface area contributed by atoms with Crippen LogP contribution < -0.4 is 10.1 Å². The van der Waals surface area contributed by atoms with Gasteiger partial charge in [-0.3, -0.25) is 4.79 Å². The predicted molar refractivity (Wildman–Crippen MR) is 106 cm³/mol. The summed E-state index contributed by atoms with van der Waals surface area (Å²) >= 11 is 0. The number of benzene rings is 2. The number of aryl methyl sites for hydroxylation is 1. The number of halogens is 1. The lowest BCUT2D eigenvalue weighted by Crippen LogP contribution is -2.69. The van der Waals surface area contributed by atoms with Crippen molar-refractivity contribution in [1.29, 1.82) is 0 Å². The molecule has 6 nitrogen and oxygen atoms in total. The molecule has 2 N–H and O–H groups in total. The number of carbonyl (C=O) groups is 2. The first kappa shape index (κ1) is 17.7. The maximum Gasteiger partial charge on any atom is 0.317 e. The molecule has 2 aromatic carbocycles. The first-order chi connectivity index (χ1) is 13.9. The van der Waals surface area contributed by atoms with Crippen molar-refractivity contribution in [3.05, 3.63) is 65.1 Å². The third kappa shape index (κ3) is 3.12. The molecule has 0 saturated carbocycles. The molecule has 5 rings (SSSR count). The fraction of sp³-hybridized carbons (Fsp3) is 0.273. The average Bonchev–Trinajstić information content (AvgIpc) is 3.04. The Kier molecular flexibility index (Phi) is 3.87. The van der Waals surface area contributed by atoms with Crippen LogP contribution in [0.4, 0.5) is 9.18 Å². The number of hydrogen-bond acceptors (Lipinski definition) is 3. The maximum absolute atomic E-state index is 13.4. The van der Waals surface area contributed by atoms with Crippen LogP contribution in [0.15, 0.2) is 42.5 Å². The summed E-state index contributed by atoms with van der Waals surface area (Å²) in [5.41, 5.74) is 2.75. The summed E-state index contributed by atoms with van der Waals surface area (Å²) in [4.78, 5) is 29.8. The molecule has 1 aromatic heterocycles. The number of H-pyrrole nitrogens is 1. The number of likely N-dealkylation sites (tertiary alicyclic amines) is 1. The maximum atomic E-state index is 13.4. The highest BCUT2D eigenvalue weighted by Gasteiger charge is 2.51. The highest BCUT2D eigenvalue weighted by molar-refractivity contribution is 6.00. The Balaban J connectivity index is 1.21. The highest BCUT2D eigenvalue weighted by Crippen LogP contribution is 2.39. The van der Waals surface area contributed by atoms with Gasteiger partial charge < -0.3 is 19.9 Å². The quantitative estimate of drug-likeness (QED) is 0.699. The molecule has 0 atom stereocenters. The number of aromatic nitrogens is 1. The molecule has 148 valence electrons. The van der Waals surface area contributed by atoms with Crippen LogP contribution in [0.2, 0.25) is 0 Å². The predicted octanol–water partition coefficient (Wildman–Crippen LogP) is 3.54. The van der Waals surface area contributed by atoms with Gasteiger partial charge in [0.2, 0.25) is 0 Å². The Morgan fingerprint density at radius 1 is 1.24 bits per heavy atom. The van der Waals surface area contributed by atoms with Crippen molar-refractivity contribution in [2.24, 2.45) is 0 Å². The summed E-state index contributed by atoms with van der Waals surface area (Å²) in [7, 11) is 0. The van der Waals surface area contributed by atoms with Crippen molar-refractivity contribution < 1.29 is 18.7 Å². The number of ketones is 1. The van der Waals surface area contributed by atoms with Gasteiger partial charge in [-0.25, -0.2) is 9.18 Å². The Labute approximate surface area is 166 Å². The minimum atomic E-state index is -0.708. The van der Waals surface area contributed by atoms with Crippen molar-refractivity contribution in [3.8, 4) is 5.75 Å². The number of amides is 2. The number of carbonyl (C=O) groups excluding carboxylic acids is 2. The van der Waals surface area contributed by atoms with E-state index in [2.05, 4.69) is 22.4 Å². The van der Waals surface area contributed by atoms with Crippen molar-refractivity contribution in [3.63, 3.8) is 0 Å². The SMILES string of the molecule is Cc1cc2cc(CNC(=O)N3CC4(CC(=O)c5cc(F)ccc5O4)C3)ccc2[nH]1. The van der Waals surface area contributed by atoms with E-state index in [4.69, 9.17) is 4.74 Å². The number of nitrogens with one attached hydrogen (secondary N) is 2. The molecule has 3 heterocycles. The number of nitrogens with zero attached hydrogens (tertiary/aromatic N) is 1. The number of rotatable bonds is 2. The molecule has 3 aromatic rings. The van der Waals surface area contributed by atoms with Gasteiger partial charge in [0.05, 0.1) is 25.1 Å². The van der Waals surface area contributed by atoms with Crippen LogP contribution >= 0.6 is 0 Å². The van der Waals surface area contributed by atoms with Gasteiger partial charge in [-0.05, 0) is 54.3 Å². The van der Waals surface area contributed by atoms with Crippen LogP contribution in [-0.2, 0) is 6.54 Å². The Morgan fingerprint density at radius 3 is 2.90 bits per heavy atom. The van der Waals surface area contributed by atoms with Gasteiger partial charge in [0.25, 0.3) is 0 Å². The summed E-state index contributed by atoms with van der Waals surface area (Å²) in [6.45, 7) is 3.09. The van der Waals surface area contributed by atoms with E-state index in [1.807, 2.05) is 19.1 Å². The van der Waals surface area contributed by atoms with E-state index in [0.717, 1.165) is 22.2 Å². The molecule has 2 amide bonds. The third-order valence-corrected chi connectivity index (χ3v) is 5.56. The molecule has 7 heteroatoms. The molecule has 1 spiro atoms. The molecule has 0 aliphatic carbocycles. The molecule has 2 aliphatic rings. The van der Waals surface area contributed by atoms with Crippen molar-refractivity contribution in [2.45, 2.75) is 25.5 Å². The minimum Gasteiger partial charge on any atom is -0.482 e. The van der Waals surface area contributed by atoms with E-state index in [-0.39, 0.29) is 23.8 Å². The van der Waals surface area contributed by atoms with Gasteiger partial charge >= 0.3 is 6.03 Å². The van der Waals surface area contributed by atoms with Gasteiger partial charge in [0, 0.05) is 17.8 Å². The number of Topliss-reactive ketones (excluding diaryl/α,β-unsaturated/α-hetero) is 1. The van der Waals surface area contributed by atoms with Crippen molar-refractivity contribution in [1.82, 2.24) is 15.2 Å². The summed E-state index contributed by atoms with van der Waals surface area (Å²) in [5.74, 6) is -0.224. The number of hydrogen-bond donors (Lipinski definition) is 2. The molecule has 29 heavy (non-hydrogen) atoms. The molecule has 1 fully saturated rings. The number of aromatic amines is 1. The molecular formula is C22H20FN3O3. The zero-order valence-electron chi connectivity index (χ0n) is 15.9. The van der Waals surface area contributed by atoms with Crippen LogP contribution in [-0.4, -0.2) is 40.4 Å². The zero-order valence-corrected chi connectivity index (χ0v) is 15.9. The van der Waals surface area contributed by atoms with E-state index in [9.17, 15) is 14.0 Å². The highest BCUT2D eigenvalue weighted by atomic mass is 19.1.